The molecule has 5 unspecified atom stereocenters. The summed E-state index contributed by atoms with van der Waals surface area (Å²) >= 11 is 0. The van der Waals surface area contributed by atoms with E-state index in [1.807, 2.05) is 0 Å². The van der Waals surface area contributed by atoms with Crippen molar-refractivity contribution in [3.63, 3.8) is 0 Å². The summed E-state index contributed by atoms with van der Waals surface area (Å²) in [5.74, 6) is -18.8. The molecular weight excluding hydrogens is 1010 g/mol. The van der Waals surface area contributed by atoms with E-state index in [1.54, 1.807) is 24.3 Å². The number of hydrogen-bond acceptors (Lipinski definition) is 20. The van der Waals surface area contributed by atoms with Gasteiger partial charge in [-0.3, -0.25) is 9.59 Å². The first-order valence-corrected chi connectivity index (χ1v) is 22.9. The van der Waals surface area contributed by atoms with E-state index in [9.17, 15) is 66.7 Å². The Labute approximate surface area is 419 Å². The van der Waals surface area contributed by atoms with E-state index < -0.39 is 121 Å². The molecule has 1 aromatic heterocycles. The molecule has 1 saturated heterocycles. The zero-order valence-electron chi connectivity index (χ0n) is 40.0. The second-order valence-electron chi connectivity index (χ2n) is 15.9. The molecule has 3 aromatic rings. The van der Waals surface area contributed by atoms with Crippen LogP contribution < -0.4 is 15.4 Å². The van der Waals surface area contributed by atoms with E-state index in [1.165, 1.54) is 18.0 Å². The van der Waals surface area contributed by atoms with Gasteiger partial charge in [-0.1, -0.05) is 29.5 Å². The molecule has 0 saturated carbocycles. The maximum absolute atomic E-state index is 14.4. The summed E-state index contributed by atoms with van der Waals surface area (Å²) < 4.78 is 125. The number of aldehydes is 1. The fourth-order valence-electron chi connectivity index (χ4n) is 6.78. The lowest BCUT2D eigenvalue weighted by Gasteiger charge is -2.46. The zero-order chi connectivity index (χ0) is 54.0. The maximum atomic E-state index is 14.4. The number of carboxylic acid groups (broad SMARTS) is 1. The summed E-state index contributed by atoms with van der Waals surface area (Å²) in [6, 6.07) is 4.91. The van der Waals surface area contributed by atoms with Gasteiger partial charge in [0.2, 0.25) is 52.9 Å². The number of benzene rings is 2. The molecule has 7 N–H and O–H groups in total. The first-order valence-electron chi connectivity index (χ1n) is 22.9. The zero-order valence-corrected chi connectivity index (χ0v) is 40.0. The highest BCUT2D eigenvalue weighted by Gasteiger charge is 2.56. The van der Waals surface area contributed by atoms with Gasteiger partial charge in [0.1, 0.15) is 37.4 Å². The summed E-state index contributed by atoms with van der Waals surface area (Å²) in [6.45, 7) is -1.65. The van der Waals surface area contributed by atoms with Crippen LogP contribution in [-0.4, -0.2) is 213 Å². The minimum atomic E-state index is -2.58. The quantitative estimate of drug-likeness (QED) is 0.00927. The van der Waals surface area contributed by atoms with E-state index in [0.717, 1.165) is 0 Å². The van der Waals surface area contributed by atoms with Crippen molar-refractivity contribution >= 4 is 24.1 Å². The molecule has 0 spiro atoms. The Balaban J connectivity index is 1.28. The second kappa shape index (κ2) is 32.1. The van der Waals surface area contributed by atoms with Crippen LogP contribution in [0.2, 0.25) is 0 Å². The Morgan fingerprint density at radius 3 is 2.07 bits per heavy atom. The van der Waals surface area contributed by atoms with Crippen LogP contribution >= 0.6 is 0 Å². The van der Waals surface area contributed by atoms with Crippen molar-refractivity contribution in [3.05, 3.63) is 65.1 Å². The molecule has 1 aliphatic rings. The molecule has 1 aliphatic heterocycles. The molecule has 2 heterocycles. The third kappa shape index (κ3) is 19.1. The molecule has 29 heteroatoms. The van der Waals surface area contributed by atoms with E-state index >= 15 is 0 Å². The number of aliphatic hydroxyl groups excluding tert-OH is 4. The number of carbonyl (C=O) groups is 4. The standard InChI is InChI=1S/C45H60F5N5O19/c1-65-11-12-67-15-16-69-18-20-72-45(44(63)64)22-30(58)40(52-33(61)25-57)43(74-45)41(62)31(59)23-51-32(60)21-27-3-5-28(6-4-27)29-24-55(54-53-29)7-10-70-26-34(71-19-17-68-14-13-66-9-2-8-56)73-42-38(49)36(47)35(46)37(48)39(42)50/h3-6,8,24,30-31,34,40-41,43,57-59,62H,2,7,9-23,25-26H2,1H3,(H,51,60)(H,52,61)(H,63,64)/t30?,31-,34?,40?,41-,43?,45?/m1/s1. The largest absolute Gasteiger partial charge is 0.477 e. The van der Waals surface area contributed by atoms with Gasteiger partial charge in [-0.15, -0.1) is 5.10 Å². The number of aliphatic hydroxyl groups is 4. The second-order valence-corrected chi connectivity index (χ2v) is 15.9. The number of halogens is 5. The number of carbonyl (C=O) groups excluding carboxylic acids is 3. The fraction of sp³-hybridized carbons (Fsp3) is 0.600. The lowest BCUT2D eigenvalue weighted by atomic mass is 9.88. The number of aliphatic carboxylic acids is 1. The number of nitrogens with zero attached hydrogens (tertiary/aromatic N) is 3. The molecule has 0 aliphatic carbocycles. The van der Waals surface area contributed by atoms with Gasteiger partial charge in [0.05, 0.1) is 117 Å². The third-order valence-electron chi connectivity index (χ3n) is 10.5. The summed E-state index contributed by atoms with van der Waals surface area (Å²) in [5, 5.41) is 65.4. The van der Waals surface area contributed by atoms with Crippen molar-refractivity contribution in [1.29, 1.82) is 0 Å². The average molecular weight is 1070 g/mol. The molecule has 74 heavy (non-hydrogen) atoms. The maximum Gasteiger partial charge on any atom is 0.364 e. The third-order valence-corrected chi connectivity index (χ3v) is 10.5. The van der Waals surface area contributed by atoms with Crippen LogP contribution in [-0.2, 0) is 74.8 Å². The summed E-state index contributed by atoms with van der Waals surface area (Å²) in [7, 11) is 1.51. The number of nitrogens with one attached hydrogen (secondary N) is 2. The minimum absolute atomic E-state index is 0.0520. The van der Waals surface area contributed by atoms with E-state index in [2.05, 4.69) is 20.9 Å². The first kappa shape index (κ1) is 61.1. The van der Waals surface area contributed by atoms with Crippen LogP contribution in [0.5, 0.6) is 5.75 Å². The number of hydrogen-bond donors (Lipinski definition) is 7. The normalized spacial score (nSPS) is 18.9. The Morgan fingerprint density at radius 2 is 1.45 bits per heavy atom. The van der Waals surface area contributed by atoms with Crippen molar-refractivity contribution in [3.8, 4) is 17.0 Å². The van der Waals surface area contributed by atoms with Crippen LogP contribution in [0.3, 0.4) is 0 Å². The minimum Gasteiger partial charge on any atom is -0.477 e. The Hall–Kier alpha value is -5.41. The SMILES string of the molecule is COCCOCCOCCOC1(C(=O)O)CC(O)C(NC(=O)CO)C([C@H](O)[C@H](O)CNC(=O)Cc2ccc(-c3cn(CCOCC(OCCOCCOCCC=O)Oc4c(F)c(F)c(F)c(F)c4F)nn3)cc2)O1. The lowest BCUT2D eigenvalue weighted by Crippen LogP contribution is -2.68. The van der Waals surface area contributed by atoms with Crippen LogP contribution in [0.4, 0.5) is 22.0 Å². The van der Waals surface area contributed by atoms with Crippen molar-refractivity contribution < 1.29 is 114 Å². The number of amides is 2. The smallest absolute Gasteiger partial charge is 0.364 e. The number of methoxy groups -OCH3 is 1. The molecule has 4 rings (SSSR count). The molecule has 1 fully saturated rings. The van der Waals surface area contributed by atoms with Crippen molar-refractivity contribution in [2.24, 2.45) is 0 Å². The summed E-state index contributed by atoms with van der Waals surface area (Å²) in [5.41, 5.74) is 1.45. The topological polar surface area (TPSA) is 316 Å². The highest BCUT2D eigenvalue weighted by molar-refractivity contribution is 5.79. The van der Waals surface area contributed by atoms with Gasteiger partial charge in [0.15, 0.2) is 0 Å². The molecule has 0 bridgehead atoms. The van der Waals surface area contributed by atoms with Crippen molar-refractivity contribution in [2.75, 3.05) is 106 Å². The van der Waals surface area contributed by atoms with Crippen LogP contribution in [0.1, 0.15) is 18.4 Å². The number of aromatic nitrogens is 3. The first-order chi connectivity index (χ1) is 35.5. The lowest BCUT2D eigenvalue weighted by molar-refractivity contribution is -0.312. The van der Waals surface area contributed by atoms with Crippen LogP contribution in [0, 0.1) is 29.1 Å². The molecule has 7 atom stereocenters. The monoisotopic (exact) mass is 1070 g/mol. The van der Waals surface area contributed by atoms with Gasteiger partial charge in [0.25, 0.3) is 5.79 Å². The highest BCUT2D eigenvalue weighted by atomic mass is 19.2. The Morgan fingerprint density at radius 1 is 0.838 bits per heavy atom. The predicted molar refractivity (Wildman–Crippen MR) is 238 cm³/mol. The van der Waals surface area contributed by atoms with Gasteiger partial charge in [-0.25, -0.2) is 22.6 Å². The van der Waals surface area contributed by atoms with Gasteiger partial charge in [-0.2, -0.15) is 8.78 Å². The van der Waals surface area contributed by atoms with Crippen LogP contribution in [0.15, 0.2) is 30.5 Å². The van der Waals surface area contributed by atoms with Gasteiger partial charge in [-0.05, 0) is 5.56 Å². The Kier molecular flexibility index (Phi) is 26.5. The molecule has 2 amide bonds. The summed E-state index contributed by atoms with van der Waals surface area (Å²) in [4.78, 5) is 47.9. The summed E-state index contributed by atoms with van der Waals surface area (Å²) in [6.07, 6.45) is -7.70. The highest BCUT2D eigenvalue weighted by Crippen LogP contribution is 2.34. The van der Waals surface area contributed by atoms with Crippen molar-refractivity contribution in [2.45, 2.75) is 68.3 Å². The van der Waals surface area contributed by atoms with E-state index in [-0.39, 0.29) is 85.5 Å². The molecule has 2 aromatic carbocycles. The number of carboxylic acids is 1. The van der Waals surface area contributed by atoms with Gasteiger partial charge < -0.3 is 88.3 Å². The molecule has 24 nitrogen and oxygen atoms in total. The molecule has 0 radical (unpaired) electrons. The number of ether oxygens (including phenoxy) is 10. The average Bonchev–Trinajstić information content (AvgIpc) is 3.87. The van der Waals surface area contributed by atoms with Gasteiger partial charge >= 0.3 is 5.97 Å². The van der Waals surface area contributed by atoms with Gasteiger partial charge in [0, 0.05) is 32.1 Å². The fourth-order valence-corrected chi connectivity index (χ4v) is 6.78. The number of rotatable bonds is 37. The van der Waals surface area contributed by atoms with Crippen LogP contribution in [0.25, 0.3) is 11.3 Å². The van der Waals surface area contributed by atoms with Crippen molar-refractivity contribution in [1.82, 2.24) is 25.6 Å². The molecule has 414 valence electrons. The Bertz CT molecular complexity index is 2170. The van der Waals surface area contributed by atoms with E-state index in [0.29, 0.717) is 36.3 Å². The predicted octanol–water partition coefficient (Wildman–Crippen LogP) is -0.814. The molecular formula is C45H60F5N5O19. The van der Waals surface area contributed by atoms with E-state index in [4.69, 9.17) is 47.4 Å².